The highest BCUT2D eigenvalue weighted by molar-refractivity contribution is 7.81. The minimum Gasteiger partial charge on any atom is -0.506 e. The summed E-state index contributed by atoms with van der Waals surface area (Å²) in [5.41, 5.74) is 0.662. The zero-order valence-corrected chi connectivity index (χ0v) is 21.0. The Balaban J connectivity index is 0.000000118. The van der Waals surface area contributed by atoms with Gasteiger partial charge in [-0.25, -0.2) is 0 Å². The van der Waals surface area contributed by atoms with Crippen molar-refractivity contribution >= 4 is 23.5 Å². The Morgan fingerprint density at radius 3 is 2.00 bits per heavy atom. The fourth-order valence-corrected chi connectivity index (χ4v) is 7.47. The summed E-state index contributed by atoms with van der Waals surface area (Å²) in [6.07, 6.45) is 21.2. The number of fused-ring (bicyclic) bond motifs is 3. The summed E-state index contributed by atoms with van der Waals surface area (Å²) in [5.74, 6) is 3.84. The van der Waals surface area contributed by atoms with Gasteiger partial charge in [-0.2, -0.15) is 12.6 Å². The van der Waals surface area contributed by atoms with Crippen LogP contribution in [0.1, 0.15) is 89.9 Å². The molecule has 6 unspecified atom stereocenters. The van der Waals surface area contributed by atoms with Crippen molar-refractivity contribution in [3.8, 4) is 5.75 Å². The minimum absolute atomic E-state index is 0.0500. The molecule has 0 radical (unpaired) electrons. The maximum atomic E-state index is 9.70. The maximum Gasteiger partial charge on any atom is 0.141 e. The molecule has 4 aliphatic rings. The number of pyridine rings is 1. The van der Waals surface area contributed by atoms with Crippen molar-refractivity contribution in [1.29, 1.82) is 0 Å². The number of nitrogens with zero attached hydrogens (tertiary/aromatic N) is 1. The number of aromatic nitrogens is 1. The highest BCUT2D eigenvalue weighted by Gasteiger charge is 2.34. The summed E-state index contributed by atoms with van der Waals surface area (Å²) < 4.78 is 0. The molecule has 6 atom stereocenters. The minimum atomic E-state index is 0.0500. The number of hydrogen-bond acceptors (Lipinski definition) is 4. The number of thiol groups is 1. The van der Waals surface area contributed by atoms with Crippen LogP contribution in [0.4, 0.5) is 0 Å². The normalized spacial score (nSPS) is 33.4. The van der Waals surface area contributed by atoms with Gasteiger partial charge in [-0.05, 0) is 67.9 Å². The van der Waals surface area contributed by atoms with E-state index in [0.717, 1.165) is 34.8 Å². The van der Waals surface area contributed by atoms with Gasteiger partial charge in [0.25, 0.3) is 0 Å². The molecular weight excluding hydrogens is 426 g/mol. The van der Waals surface area contributed by atoms with E-state index in [0.29, 0.717) is 11.4 Å². The van der Waals surface area contributed by atoms with Crippen LogP contribution < -0.4 is 0 Å². The molecule has 3 nitrogen and oxygen atoms in total. The molecule has 1 heterocycles. The predicted octanol–water partition coefficient (Wildman–Crippen LogP) is 7.55. The second-order valence-corrected chi connectivity index (χ2v) is 11.4. The lowest BCUT2D eigenvalue weighted by atomic mass is 9.69. The first-order valence-corrected chi connectivity index (χ1v) is 14.0. The molecule has 0 saturated heterocycles. The van der Waals surface area contributed by atoms with E-state index in [9.17, 15) is 10.2 Å². The Hall–Kier alpha value is -1.26. The largest absolute Gasteiger partial charge is 0.506 e. The van der Waals surface area contributed by atoms with Crippen LogP contribution >= 0.6 is 12.6 Å². The first-order chi connectivity index (χ1) is 16.1. The van der Waals surface area contributed by atoms with Crippen molar-refractivity contribution in [2.45, 2.75) is 101 Å². The van der Waals surface area contributed by atoms with Gasteiger partial charge < -0.3 is 10.2 Å². The van der Waals surface area contributed by atoms with Gasteiger partial charge in [0.2, 0.25) is 0 Å². The SMILES string of the molecule is OC1CCCC2CCCCC12.Oc1cccc2cccnc12.SC1CCCC2CCCCC12. The van der Waals surface area contributed by atoms with Crippen LogP contribution in [0.3, 0.4) is 0 Å². The fraction of sp³-hybridized carbons (Fsp3) is 0.690. The Kier molecular flexibility index (Phi) is 9.37. The number of aromatic hydroxyl groups is 1. The van der Waals surface area contributed by atoms with Crippen molar-refractivity contribution in [1.82, 2.24) is 4.98 Å². The standard InChI is InChI=1S/C10H18O.C10H18S.C9H7NO/c2*11-10-7-3-5-8-4-1-2-6-9(8)10;11-8-5-1-3-7-4-2-6-10-9(7)8/h2*8-11H,1-7H2;1-6,11H. The van der Waals surface area contributed by atoms with E-state index >= 15 is 0 Å². The number of rotatable bonds is 0. The zero-order chi connectivity index (χ0) is 23.0. The zero-order valence-electron chi connectivity index (χ0n) is 20.1. The third-order valence-corrected chi connectivity index (χ3v) is 9.33. The predicted molar refractivity (Wildman–Crippen MR) is 141 cm³/mol. The summed E-state index contributed by atoms with van der Waals surface area (Å²) in [4.78, 5) is 4.03. The van der Waals surface area contributed by atoms with Crippen LogP contribution in [0.2, 0.25) is 0 Å². The summed E-state index contributed by atoms with van der Waals surface area (Å²) in [5, 5.41) is 20.7. The quantitative estimate of drug-likeness (QED) is 0.349. The number of para-hydroxylation sites is 1. The highest BCUT2D eigenvalue weighted by atomic mass is 32.1. The first-order valence-electron chi connectivity index (χ1n) is 13.5. The number of hydrogen-bond donors (Lipinski definition) is 3. The summed E-state index contributed by atoms with van der Waals surface area (Å²) in [6.45, 7) is 0. The van der Waals surface area contributed by atoms with E-state index in [1.54, 1.807) is 18.3 Å². The van der Waals surface area contributed by atoms with Crippen LogP contribution in [0.15, 0.2) is 36.5 Å². The molecule has 6 rings (SSSR count). The second-order valence-electron chi connectivity index (χ2n) is 10.8. The lowest BCUT2D eigenvalue weighted by Gasteiger charge is -2.39. The second kappa shape index (κ2) is 12.4. The van der Waals surface area contributed by atoms with Gasteiger partial charge in [0.05, 0.1) is 6.10 Å². The average molecular weight is 470 g/mol. The van der Waals surface area contributed by atoms with Crippen molar-refractivity contribution in [3.63, 3.8) is 0 Å². The lowest BCUT2D eigenvalue weighted by molar-refractivity contribution is 0.0105. The van der Waals surface area contributed by atoms with Crippen molar-refractivity contribution in [2.75, 3.05) is 0 Å². The van der Waals surface area contributed by atoms with E-state index < -0.39 is 0 Å². The van der Waals surface area contributed by atoms with E-state index in [-0.39, 0.29) is 11.9 Å². The highest BCUT2D eigenvalue weighted by Crippen LogP contribution is 2.42. The smallest absolute Gasteiger partial charge is 0.141 e. The van der Waals surface area contributed by atoms with Gasteiger partial charge in [0.1, 0.15) is 11.3 Å². The van der Waals surface area contributed by atoms with Crippen molar-refractivity contribution in [3.05, 3.63) is 36.5 Å². The molecule has 2 aromatic rings. The average Bonchev–Trinajstić information content (AvgIpc) is 2.86. The van der Waals surface area contributed by atoms with Crippen molar-refractivity contribution in [2.24, 2.45) is 23.7 Å². The van der Waals surface area contributed by atoms with Gasteiger partial charge in [-0.3, -0.25) is 4.98 Å². The topological polar surface area (TPSA) is 53.4 Å². The third kappa shape index (κ3) is 6.66. The van der Waals surface area contributed by atoms with E-state index in [1.807, 2.05) is 18.2 Å². The summed E-state index contributed by atoms with van der Waals surface area (Å²) in [7, 11) is 0. The Labute approximate surface area is 205 Å². The molecule has 4 heteroatoms. The lowest BCUT2D eigenvalue weighted by Crippen LogP contribution is -2.34. The molecule has 1 aromatic carbocycles. The van der Waals surface area contributed by atoms with Crippen LogP contribution in [0.25, 0.3) is 10.9 Å². The van der Waals surface area contributed by atoms with Crippen LogP contribution in [-0.4, -0.2) is 26.6 Å². The molecule has 0 bridgehead atoms. The van der Waals surface area contributed by atoms with Crippen LogP contribution in [0.5, 0.6) is 5.75 Å². The van der Waals surface area contributed by atoms with Gasteiger partial charge in [-0.1, -0.05) is 76.0 Å². The molecule has 4 fully saturated rings. The fourth-order valence-electron chi connectivity index (χ4n) is 6.90. The van der Waals surface area contributed by atoms with Gasteiger partial charge >= 0.3 is 0 Å². The number of phenols is 1. The molecule has 4 saturated carbocycles. The number of benzene rings is 1. The summed E-state index contributed by atoms with van der Waals surface area (Å²) in [6, 6.07) is 9.13. The van der Waals surface area contributed by atoms with Gasteiger partial charge in [-0.15, -0.1) is 0 Å². The van der Waals surface area contributed by atoms with E-state index in [2.05, 4.69) is 17.6 Å². The number of phenolic OH excluding ortho intramolecular Hbond substituents is 1. The Bertz CT molecular complexity index is 817. The molecule has 2 N–H and O–H groups in total. The molecule has 1 aromatic heterocycles. The molecule has 0 amide bonds. The third-order valence-electron chi connectivity index (χ3n) is 8.69. The Morgan fingerprint density at radius 2 is 1.30 bits per heavy atom. The van der Waals surface area contributed by atoms with E-state index in [4.69, 9.17) is 0 Å². The van der Waals surface area contributed by atoms with Crippen LogP contribution in [0, 0.1) is 23.7 Å². The van der Waals surface area contributed by atoms with Gasteiger partial charge in [0, 0.05) is 16.8 Å². The monoisotopic (exact) mass is 469 g/mol. The summed E-state index contributed by atoms with van der Waals surface area (Å²) >= 11 is 4.68. The van der Waals surface area contributed by atoms with Gasteiger partial charge in [0.15, 0.2) is 0 Å². The first kappa shape index (κ1) is 24.9. The van der Waals surface area contributed by atoms with Crippen LogP contribution in [-0.2, 0) is 0 Å². The maximum absolute atomic E-state index is 9.70. The molecular formula is C29H43NO2S. The number of aliphatic hydroxyl groups is 1. The molecule has 0 aliphatic heterocycles. The van der Waals surface area contributed by atoms with Crippen molar-refractivity contribution < 1.29 is 10.2 Å². The number of aliphatic hydroxyl groups excluding tert-OH is 1. The molecule has 33 heavy (non-hydrogen) atoms. The van der Waals surface area contributed by atoms with E-state index in [1.165, 1.54) is 83.5 Å². The molecule has 0 spiro atoms. The molecule has 4 aliphatic carbocycles. The Morgan fingerprint density at radius 1 is 0.697 bits per heavy atom. The molecule has 182 valence electrons.